The number of aromatic nitrogens is 2. The molecule has 5 heteroatoms. The first-order valence-corrected chi connectivity index (χ1v) is 5.41. The summed E-state index contributed by atoms with van der Waals surface area (Å²) < 4.78 is 6.71. The van der Waals surface area contributed by atoms with Crippen LogP contribution in [0.5, 0.6) is 0 Å². The van der Waals surface area contributed by atoms with Gasteiger partial charge in [-0.05, 0) is 11.8 Å². The number of amides is 1. The number of hydrogen-bond donors (Lipinski definition) is 1. The van der Waals surface area contributed by atoms with Crippen molar-refractivity contribution in [1.82, 2.24) is 9.78 Å². The highest BCUT2D eigenvalue weighted by molar-refractivity contribution is 5.84. The summed E-state index contributed by atoms with van der Waals surface area (Å²) >= 11 is 0. The van der Waals surface area contributed by atoms with Gasteiger partial charge in [-0.15, -0.1) is 0 Å². The number of aryl methyl sites for hydroxylation is 1. The molecule has 0 aliphatic rings. The van der Waals surface area contributed by atoms with Gasteiger partial charge in [0, 0.05) is 13.2 Å². The quantitative estimate of drug-likeness (QED) is 0.855. The number of anilines is 1. The highest BCUT2D eigenvalue weighted by Gasteiger charge is 2.11. The maximum absolute atomic E-state index is 11.4. The molecule has 1 amide bonds. The van der Waals surface area contributed by atoms with E-state index in [1.54, 1.807) is 24.1 Å². The van der Waals surface area contributed by atoms with Crippen LogP contribution in [0.25, 0.3) is 0 Å². The summed E-state index contributed by atoms with van der Waals surface area (Å²) in [6.07, 6.45) is 2.86. The van der Waals surface area contributed by atoms with E-state index in [1.807, 2.05) is 0 Å². The minimum atomic E-state index is -0.430. The zero-order valence-electron chi connectivity index (χ0n) is 10.2. The Bertz CT molecular complexity index is 347. The molecule has 1 rings (SSSR count). The van der Waals surface area contributed by atoms with Crippen molar-refractivity contribution in [3.05, 3.63) is 12.4 Å². The van der Waals surface area contributed by atoms with E-state index in [9.17, 15) is 4.79 Å². The normalized spacial score (nSPS) is 12.6. The average Bonchev–Trinajstić information content (AvgIpc) is 2.60. The van der Waals surface area contributed by atoms with Crippen LogP contribution >= 0.6 is 0 Å². The first-order valence-electron chi connectivity index (χ1n) is 5.41. The van der Waals surface area contributed by atoms with Crippen molar-refractivity contribution < 1.29 is 9.53 Å². The molecule has 0 aliphatic carbocycles. The largest absolute Gasteiger partial charge is 0.449 e. The van der Waals surface area contributed by atoms with Crippen LogP contribution in [0.1, 0.15) is 20.8 Å². The zero-order chi connectivity index (χ0) is 12.1. The standard InChI is InChI=1S/C11H19N3O2/c1-8(2)9(3)7-16-11(15)13-10-5-12-14(4)6-10/h5-6,8-9H,7H2,1-4H3,(H,13,15)/t9-/m1/s1. The van der Waals surface area contributed by atoms with Crippen LogP contribution in [0.2, 0.25) is 0 Å². The predicted molar refractivity (Wildman–Crippen MR) is 62.2 cm³/mol. The molecular formula is C11H19N3O2. The maximum Gasteiger partial charge on any atom is 0.411 e. The van der Waals surface area contributed by atoms with Gasteiger partial charge in [0.2, 0.25) is 0 Å². The zero-order valence-corrected chi connectivity index (χ0v) is 10.2. The molecule has 0 radical (unpaired) electrons. The van der Waals surface area contributed by atoms with E-state index in [0.717, 1.165) is 0 Å². The lowest BCUT2D eigenvalue weighted by Crippen LogP contribution is -2.19. The van der Waals surface area contributed by atoms with Gasteiger partial charge >= 0.3 is 6.09 Å². The number of ether oxygens (including phenoxy) is 1. The maximum atomic E-state index is 11.4. The minimum Gasteiger partial charge on any atom is -0.449 e. The molecule has 1 aromatic rings. The first-order chi connectivity index (χ1) is 7.49. The Morgan fingerprint density at radius 1 is 1.56 bits per heavy atom. The number of hydrogen-bond acceptors (Lipinski definition) is 3. The molecule has 5 nitrogen and oxygen atoms in total. The van der Waals surface area contributed by atoms with Crippen LogP contribution in [0, 0.1) is 11.8 Å². The minimum absolute atomic E-state index is 0.361. The number of nitrogens with zero attached hydrogens (tertiary/aromatic N) is 2. The summed E-state index contributed by atoms with van der Waals surface area (Å²) in [6.45, 7) is 6.70. The number of carbonyl (C=O) groups is 1. The van der Waals surface area contributed by atoms with Crippen LogP contribution in [0.15, 0.2) is 12.4 Å². The summed E-state index contributed by atoms with van der Waals surface area (Å²) in [5.41, 5.74) is 0.643. The van der Waals surface area contributed by atoms with Crippen molar-refractivity contribution in [2.75, 3.05) is 11.9 Å². The lowest BCUT2D eigenvalue weighted by atomic mass is 10.00. The fourth-order valence-corrected chi connectivity index (χ4v) is 1.04. The highest BCUT2D eigenvalue weighted by Crippen LogP contribution is 2.10. The summed E-state index contributed by atoms with van der Waals surface area (Å²) in [5.74, 6) is 0.867. The molecule has 0 saturated carbocycles. The van der Waals surface area contributed by atoms with Crippen molar-refractivity contribution in [3.63, 3.8) is 0 Å². The Morgan fingerprint density at radius 2 is 2.25 bits per heavy atom. The fourth-order valence-electron chi connectivity index (χ4n) is 1.04. The van der Waals surface area contributed by atoms with Crippen molar-refractivity contribution in [1.29, 1.82) is 0 Å². The molecule has 90 valence electrons. The second-order valence-electron chi connectivity index (χ2n) is 4.35. The van der Waals surface area contributed by atoms with Gasteiger partial charge in [-0.3, -0.25) is 10.00 Å². The van der Waals surface area contributed by atoms with Gasteiger partial charge in [0.15, 0.2) is 0 Å². The van der Waals surface area contributed by atoms with Gasteiger partial charge in [0.25, 0.3) is 0 Å². The summed E-state index contributed by atoms with van der Waals surface area (Å²) in [6, 6.07) is 0. The van der Waals surface area contributed by atoms with Gasteiger partial charge in [-0.2, -0.15) is 5.10 Å². The fraction of sp³-hybridized carbons (Fsp3) is 0.636. The van der Waals surface area contributed by atoms with Crippen molar-refractivity contribution >= 4 is 11.8 Å². The molecule has 1 aromatic heterocycles. The Kier molecular flexibility index (Phi) is 4.34. The topological polar surface area (TPSA) is 56.1 Å². The summed E-state index contributed by atoms with van der Waals surface area (Å²) in [7, 11) is 1.79. The van der Waals surface area contributed by atoms with Crippen LogP contribution in [-0.2, 0) is 11.8 Å². The summed E-state index contributed by atoms with van der Waals surface area (Å²) in [5, 5.41) is 6.55. The third kappa shape index (κ3) is 3.92. The van der Waals surface area contributed by atoms with Gasteiger partial charge in [-0.1, -0.05) is 20.8 Å². The molecule has 1 atom stereocenters. The van der Waals surface area contributed by atoms with E-state index in [0.29, 0.717) is 24.1 Å². The van der Waals surface area contributed by atoms with Crippen LogP contribution < -0.4 is 5.32 Å². The molecule has 16 heavy (non-hydrogen) atoms. The Morgan fingerprint density at radius 3 is 2.75 bits per heavy atom. The molecule has 0 fully saturated rings. The predicted octanol–water partition coefficient (Wildman–Crippen LogP) is 2.26. The van der Waals surface area contributed by atoms with E-state index in [2.05, 4.69) is 31.2 Å². The van der Waals surface area contributed by atoms with Gasteiger partial charge < -0.3 is 4.74 Å². The monoisotopic (exact) mass is 225 g/mol. The molecule has 1 N–H and O–H groups in total. The Labute approximate surface area is 95.8 Å². The van der Waals surface area contributed by atoms with E-state index in [4.69, 9.17) is 4.74 Å². The highest BCUT2D eigenvalue weighted by atomic mass is 16.5. The smallest absolute Gasteiger partial charge is 0.411 e. The Balaban J connectivity index is 2.31. The number of nitrogens with one attached hydrogen (secondary N) is 1. The SMILES string of the molecule is CC(C)[C@H](C)COC(=O)Nc1cnn(C)c1. The first kappa shape index (κ1) is 12.5. The lowest BCUT2D eigenvalue weighted by Gasteiger charge is -2.15. The van der Waals surface area contributed by atoms with Crippen LogP contribution in [0.4, 0.5) is 10.5 Å². The van der Waals surface area contributed by atoms with Gasteiger partial charge in [0.05, 0.1) is 18.5 Å². The summed E-state index contributed by atoms with van der Waals surface area (Å²) in [4.78, 5) is 11.4. The molecule has 0 spiro atoms. The van der Waals surface area contributed by atoms with Crippen molar-refractivity contribution in [2.24, 2.45) is 18.9 Å². The second kappa shape index (κ2) is 5.53. The van der Waals surface area contributed by atoms with Gasteiger partial charge in [-0.25, -0.2) is 4.79 Å². The lowest BCUT2D eigenvalue weighted by molar-refractivity contribution is 0.133. The molecule has 0 saturated heterocycles. The molecule has 0 unspecified atom stereocenters. The van der Waals surface area contributed by atoms with E-state index in [1.165, 1.54) is 0 Å². The average molecular weight is 225 g/mol. The van der Waals surface area contributed by atoms with E-state index in [-0.39, 0.29) is 0 Å². The van der Waals surface area contributed by atoms with Crippen LogP contribution in [0.3, 0.4) is 0 Å². The van der Waals surface area contributed by atoms with Crippen molar-refractivity contribution in [2.45, 2.75) is 20.8 Å². The Hall–Kier alpha value is -1.52. The molecule has 1 heterocycles. The molecular weight excluding hydrogens is 206 g/mol. The molecule has 0 bridgehead atoms. The second-order valence-corrected chi connectivity index (χ2v) is 4.35. The third-order valence-corrected chi connectivity index (χ3v) is 2.57. The third-order valence-electron chi connectivity index (χ3n) is 2.57. The van der Waals surface area contributed by atoms with Crippen molar-refractivity contribution in [3.8, 4) is 0 Å². The van der Waals surface area contributed by atoms with E-state index >= 15 is 0 Å². The molecule has 0 aliphatic heterocycles. The van der Waals surface area contributed by atoms with Crippen LogP contribution in [-0.4, -0.2) is 22.5 Å². The van der Waals surface area contributed by atoms with E-state index < -0.39 is 6.09 Å². The van der Waals surface area contributed by atoms with Gasteiger partial charge in [0.1, 0.15) is 0 Å². The number of rotatable bonds is 4. The number of carbonyl (C=O) groups excluding carboxylic acids is 1. The molecule has 0 aromatic carbocycles.